The summed E-state index contributed by atoms with van der Waals surface area (Å²) in [5.74, 6) is -0.663. The first-order chi connectivity index (χ1) is 37.6. The fourth-order valence-electron chi connectivity index (χ4n) is 7.47. The van der Waals surface area contributed by atoms with Crippen LogP contribution in [0.4, 0.5) is 0 Å². The van der Waals surface area contributed by atoms with Gasteiger partial charge in [-0.15, -0.1) is 0 Å². The summed E-state index contributed by atoms with van der Waals surface area (Å²) in [6, 6.07) is 0. The Morgan fingerprint density at radius 2 is 0.526 bits per heavy atom. The molecule has 1 unspecified atom stereocenters. The van der Waals surface area contributed by atoms with E-state index in [0.29, 0.717) is 12.8 Å². The van der Waals surface area contributed by atoms with Crippen LogP contribution in [0.25, 0.3) is 0 Å². The molecule has 0 heterocycles. The Labute approximate surface area is 467 Å². The van der Waals surface area contributed by atoms with Gasteiger partial charge in [-0.2, -0.15) is 0 Å². The summed E-state index contributed by atoms with van der Waals surface area (Å²) >= 11 is 0. The number of allylic oxidation sites excluding steroid dienone is 32. The number of aliphatic hydroxyl groups is 1. The van der Waals surface area contributed by atoms with E-state index in [9.17, 15) is 14.7 Å². The molecule has 76 heavy (non-hydrogen) atoms. The van der Waals surface area contributed by atoms with Gasteiger partial charge in [0.25, 0.3) is 0 Å². The third-order valence-electron chi connectivity index (χ3n) is 11.9. The van der Waals surface area contributed by atoms with E-state index in [0.717, 1.165) is 135 Å². The highest BCUT2D eigenvalue weighted by Gasteiger charge is 2.16. The summed E-state index contributed by atoms with van der Waals surface area (Å²) in [5.41, 5.74) is 0. The van der Waals surface area contributed by atoms with Gasteiger partial charge in [-0.05, 0) is 141 Å². The van der Waals surface area contributed by atoms with Crippen LogP contribution in [-0.2, 0) is 19.1 Å². The highest BCUT2D eigenvalue weighted by atomic mass is 16.6. The molecule has 0 amide bonds. The molecule has 5 nitrogen and oxygen atoms in total. The SMILES string of the molecule is CC/C=C\C/C=C\C/C=C\C/C=C\C/C=C\C/C=C\C/C=C\C/C=C\C/C=C\C/C=C\CCCCC(=O)OC(CO)COC(=O)CCCCCCCCCCCC/C=C\C/C=C\C/C=C\C/C=C\C/C=C\C/C=C\CC. The first-order valence-electron chi connectivity index (χ1n) is 30.0. The Morgan fingerprint density at radius 3 is 0.816 bits per heavy atom. The van der Waals surface area contributed by atoms with Crippen LogP contribution >= 0.6 is 0 Å². The zero-order chi connectivity index (χ0) is 54.8. The summed E-state index contributed by atoms with van der Waals surface area (Å²) in [6.07, 6.45) is 103. The van der Waals surface area contributed by atoms with E-state index in [1.54, 1.807) is 0 Å². The Morgan fingerprint density at radius 1 is 0.303 bits per heavy atom. The standard InChI is InChI=1S/C71H108O5/c1-3-5-7-9-11-13-15-17-19-21-23-25-27-29-31-33-34-35-36-38-40-42-44-46-48-50-52-54-56-58-60-62-64-66-71(74)76-69(67-72)68-75-70(73)65-63-61-59-57-55-53-51-49-47-45-43-41-39-37-32-30-28-26-24-22-20-18-16-14-12-10-8-6-4-2/h5-8,11-14,17-20,23-26,29-32,34-35,38-41,44,46,50,52,56,58,69,72H,3-4,9-10,15-16,21-22,27-28,33,36-37,42-43,45,47-49,51,53-55,57,59-68H2,1-2H3/b7-5-,8-6-,13-11-,14-12-,19-17-,20-18-,25-23-,26-24-,31-29-,32-30-,35-34-,40-38-,41-39-,46-44-,52-50-,58-56-. The minimum absolute atomic E-state index is 0.0999. The van der Waals surface area contributed by atoms with E-state index < -0.39 is 6.10 Å². The van der Waals surface area contributed by atoms with E-state index >= 15 is 0 Å². The van der Waals surface area contributed by atoms with E-state index in [1.807, 2.05) is 0 Å². The number of aliphatic hydroxyl groups excluding tert-OH is 1. The van der Waals surface area contributed by atoms with Crippen LogP contribution in [0, 0.1) is 0 Å². The molecule has 0 aromatic rings. The maximum atomic E-state index is 12.3. The molecule has 0 aromatic carbocycles. The smallest absolute Gasteiger partial charge is 0.306 e. The van der Waals surface area contributed by atoms with E-state index in [1.165, 1.54) is 51.4 Å². The molecule has 1 N–H and O–H groups in total. The van der Waals surface area contributed by atoms with E-state index in [-0.39, 0.29) is 31.6 Å². The number of carbonyl (C=O) groups excluding carboxylic acids is 2. The van der Waals surface area contributed by atoms with Gasteiger partial charge < -0.3 is 14.6 Å². The van der Waals surface area contributed by atoms with Crippen LogP contribution < -0.4 is 0 Å². The first kappa shape index (κ1) is 70.7. The Balaban J connectivity index is 3.68. The van der Waals surface area contributed by atoms with Crippen LogP contribution in [0.15, 0.2) is 194 Å². The monoisotopic (exact) mass is 1040 g/mol. The van der Waals surface area contributed by atoms with Gasteiger partial charge in [0.15, 0.2) is 6.10 Å². The van der Waals surface area contributed by atoms with Crippen molar-refractivity contribution in [2.45, 2.75) is 225 Å². The average molecular weight is 1040 g/mol. The van der Waals surface area contributed by atoms with Gasteiger partial charge in [-0.3, -0.25) is 9.59 Å². The number of esters is 2. The molecule has 0 radical (unpaired) electrons. The van der Waals surface area contributed by atoms with Crippen molar-refractivity contribution in [1.29, 1.82) is 0 Å². The van der Waals surface area contributed by atoms with Crippen molar-refractivity contribution in [3.05, 3.63) is 194 Å². The highest BCUT2D eigenvalue weighted by Crippen LogP contribution is 2.13. The molecule has 0 aliphatic rings. The van der Waals surface area contributed by atoms with Crippen LogP contribution in [0.1, 0.15) is 219 Å². The van der Waals surface area contributed by atoms with Gasteiger partial charge in [0.05, 0.1) is 6.61 Å². The molecule has 5 heteroatoms. The number of unbranched alkanes of at least 4 members (excludes halogenated alkanes) is 12. The Kier molecular flexibility index (Phi) is 59.6. The minimum atomic E-state index is -0.815. The molecule has 422 valence electrons. The van der Waals surface area contributed by atoms with Gasteiger partial charge in [0.1, 0.15) is 6.61 Å². The average Bonchev–Trinajstić information content (AvgIpc) is 3.42. The summed E-state index contributed by atoms with van der Waals surface area (Å²) in [7, 11) is 0. The molecule has 1 atom stereocenters. The molecule has 0 rings (SSSR count). The Hall–Kier alpha value is -5.26. The van der Waals surface area contributed by atoms with Crippen molar-refractivity contribution < 1.29 is 24.2 Å². The lowest BCUT2D eigenvalue weighted by Crippen LogP contribution is -2.28. The van der Waals surface area contributed by atoms with Crippen LogP contribution in [0.3, 0.4) is 0 Å². The third-order valence-corrected chi connectivity index (χ3v) is 11.9. The Bertz CT molecular complexity index is 1800. The number of ether oxygens (including phenoxy) is 2. The molecule has 0 aromatic heterocycles. The molecule has 0 saturated heterocycles. The van der Waals surface area contributed by atoms with Crippen molar-refractivity contribution in [2.24, 2.45) is 0 Å². The number of hydrogen-bond donors (Lipinski definition) is 1. The van der Waals surface area contributed by atoms with E-state index in [2.05, 4.69) is 208 Å². The van der Waals surface area contributed by atoms with E-state index in [4.69, 9.17) is 9.47 Å². The highest BCUT2D eigenvalue weighted by molar-refractivity contribution is 5.70. The number of carbonyl (C=O) groups is 2. The second-order valence-electron chi connectivity index (χ2n) is 19.0. The van der Waals surface area contributed by atoms with Gasteiger partial charge in [-0.25, -0.2) is 0 Å². The maximum Gasteiger partial charge on any atom is 0.306 e. The molecule has 0 aliphatic heterocycles. The maximum absolute atomic E-state index is 12.3. The van der Waals surface area contributed by atoms with Gasteiger partial charge in [0, 0.05) is 12.8 Å². The molecule has 0 spiro atoms. The topological polar surface area (TPSA) is 72.8 Å². The number of hydrogen-bond acceptors (Lipinski definition) is 5. The van der Waals surface area contributed by atoms with Crippen LogP contribution in [0.5, 0.6) is 0 Å². The zero-order valence-electron chi connectivity index (χ0n) is 48.2. The number of rotatable bonds is 52. The second-order valence-corrected chi connectivity index (χ2v) is 19.0. The lowest BCUT2D eigenvalue weighted by Gasteiger charge is -2.15. The fourth-order valence-corrected chi connectivity index (χ4v) is 7.47. The molecule has 0 saturated carbocycles. The minimum Gasteiger partial charge on any atom is -0.462 e. The van der Waals surface area contributed by atoms with Crippen molar-refractivity contribution >= 4 is 11.9 Å². The molecular weight excluding hydrogens is 933 g/mol. The first-order valence-corrected chi connectivity index (χ1v) is 30.0. The largest absolute Gasteiger partial charge is 0.462 e. The predicted octanol–water partition coefficient (Wildman–Crippen LogP) is 20.9. The van der Waals surface area contributed by atoms with Gasteiger partial charge >= 0.3 is 11.9 Å². The quantitative estimate of drug-likeness (QED) is 0.0373. The third kappa shape index (κ3) is 61.3. The second kappa shape index (κ2) is 64.0. The lowest BCUT2D eigenvalue weighted by atomic mass is 10.1. The van der Waals surface area contributed by atoms with Crippen molar-refractivity contribution in [3.8, 4) is 0 Å². The van der Waals surface area contributed by atoms with Crippen molar-refractivity contribution in [1.82, 2.24) is 0 Å². The zero-order valence-corrected chi connectivity index (χ0v) is 48.2. The van der Waals surface area contributed by atoms with Crippen molar-refractivity contribution in [3.63, 3.8) is 0 Å². The van der Waals surface area contributed by atoms with Crippen LogP contribution in [0.2, 0.25) is 0 Å². The normalized spacial score (nSPS) is 13.7. The summed E-state index contributed by atoms with van der Waals surface area (Å²) in [5, 5.41) is 9.66. The van der Waals surface area contributed by atoms with Crippen molar-refractivity contribution in [2.75, 3.05) is 13.2 Å². The summed E-state index contributed by atoms with van der Waals surface area (Å²) in [6.45, 7) is 3.86. The van der Waals surface area contributed by atoms with Gasteiger partial charge in [0.2, 0.25) is 0 Å². The molecule has 0 aliphatic carbocycles. The summed E-state index contributed by atoms with van der Waals surface area (Å²) < 4.78 is 10.7. The van der Waals surface area contributed by atoms with Crippen LogP contribution in [-0.4, -0.2) is 36.4 Å². The lowest BCUT2D eigenvalue weighted by molar-refractivity contribution is -0.161. The molecular formula is C71H108O5. The van der Waals surface area contributed by atoms with Gasteiger partial charge in [-0.1, -0.05) is 260 Å². The fraction of sp³-hybridized carbons (Fsp3) is 0.521. The predicted molar refractivity (Wildman–Crippen MR) is 333 cm³/mol. The summed E-state index contributed by atoms with van der Waals surface area (Å²) in [4.78, 5) is 24.6. The molecule has 0 bridgehead atoms. The molecule has 0 fully saturated rings.